The highest BCUT2D eigenvalue weighted by atomic mass is 79.9. The predicted octanol–water partition coefficient (Wildman–Crippen LogP) is 3.60. The van der Waals surface area contributed by atoms with Gasteiger partial charge in [-0.2, -0.15) is 0 Å². The van der Waals surface area contributed by atoms with E-state index in [0.717, 1.165) is 5.69 Å². The fourth-order valence-electron chi connectivity index (χ4n) is 1.67. The van der Waals surface area contributed by atoms with Crippen molar-refractivity contribution >= 4 is 54.8 Å². The molecule has 0 saturated heterocycles. The van der Waals surface area contributed by atoms with Crippen LogP contribution in [0.4, 0.5) is 5.69 Å². The monoisotopic (exact) mass is 411 g/mol. The van der Waals surface area contributed by atoms with Crippen LogP contribution in [0.2, 0.25) is 10.0 Å². The molecular formula is C12H12BrCl2N3O2S. The van der Waals surface area contributed by atoms with Crippen molar-refractivity contribution in [3.8, 4) is 0 Å². The zero-order chi connectivity index (χ0) is 15.6. The van der Waals surface area contributed by atoms with Gasteiger partial charge in [-0.1, -0.05) is 23.2 Å². The van der Waals surface area contributed by atoms with Gasteiger partial charge in [-0.15, -0.1) is 0 Å². The van der Waals surface area contributed by atoms with E-state index in [2.05, 4.69) is 31.0 Å². The molecule has 1 heterocycles. The zero-order valence-corrected chi connectivity index (χ0v) is 14.8. The summed E-state index contributed by atoms with van der Waals surface area (Å²) in [5, 5.41) is 3.32. The number of anilines is 1. The zero-order valence-electron chi connectivity index (χ0n) is 10.9. The lowest BCUT2D eigenvalue weighted by atomic mass is 10.3. The molecule has 1 aromatic carbocycles. The van der Waals surface area contributed by atoms with E-state index in [0.29, 0.717) is 11.0 Å². The molecule has 0 radical (unpaired) electrons. The largest absolute Gasteiger partial charge is 0.363 e. The molecule has 9 heteroatoms. The maximum absolute atomic E-state index is 12.3. The normalized spacial score (nSPS) is 11.6. The quantitative estimate of drug-likeness (QED) is 0.656. The topological polar surface area (TPSA) is 74.0 Å². The molecule has 0 aliphatic rings. The Morgan fingerprint density at radius 1 is 1.29 bits per heavy atom. The number of halogens is 3. The first kappa shape index (κ1) is 16.6. The van der Waals surface area contributed by atoms with Crippen LogP contribution in [0.5, 0.6) is 0 Å². The van der Waals surface area contributed by atoms with E-state index >= 15 is 0 Å². The van der Waals surface area contributed by atoms with E-state index in [4.69, 9.17) is 23.2 Å². The second-order valence-electron chi connectivity index (χ2n) is 4.22. The molecule has 0 fully saturated rings. The third kappa shape index (κ3) is 3.73. The summed E-state index contributed by atoms with van der Waals surface area (Å²) >= 11 is 15.2. The third-order valence-corrected chi connectivity index (χ3v) is 5.79. The van der Waals surface area contributed by atoms with Crippen LogP contribution >= 0.6 is 39.1 Å². The summed E-state index contributed by atoms with van der Waals surface area (Å²) < 4.78 is 27.6. The van der Waals surface area contributed by atoms with E-state index in [9.17, 15) is 8.42 Å². The van der Waals surface area contributed by atoms with Crippen LogP contribution in [-0.4, -0.2) is 20.4 Å². The molecule has 0 bridgehead atoms. The molecule has 1 aromatic heterocycles. The number of aromatic nitrogens is 1. The van der Waals surface area contributed by atoms with Crippen molar-refractivity contribution < 1.29 is 8.42 Å². The van der Waals surface area contributed by atoms with Gasteiger partial charge in [0.05, 0.1) is 15.7 Å². The van der Waals surface area contributed by atoms with Crippen LogP contribution in [0.1, 0.15) is 5.69 Å². The second-order valence-corrected chi connectivity index (χ2v) is 7.51. The van der Waals surface area contributed by atoms with Gasteiger partial charge in [-0.3, -0.25) is 4.72 Å². The number of H-pyrrole nitrogens is 1. The SMILES string of the molecule is CNCc1cc(S(=O)(=O)Nc2ccc(Br)c(Cl)c2Cl)c[nH]1. The summed E-state index contributed by atoms with van der Waals surface area (Å²) in [7, 11) is -1.96. The number of benzene rings is 1. The van der Waals surface area contributed by atoms with Crippen molar-refractivity contribution in [2.24, 2.45) is 0 Å². The fraction of sp³-hybridized carbons (Fsp3) is 0.167. The average Bonchev–Trinajstić information content (AvgIpc) is 2.89. The van der Waals surface area contributed by atoms with Crippen molar-refractivity contribution in [3.05, 3.63) is 44.6 Å². The average molecular weight is 413 g/mol. The van der Waals surface area contributed by atoms with Crippen molar-refractivity contribution in [2.45, 2.75) is 11.4 Å². The molecule has 0 unspecified atom stereocenters. The first-order chi connectivity index (χ1) is 9.85. The Bertz CT molecular complexity index is 762. The molecule has 3 N–H and O–H groups in total. The summed E-state index contributed by atoms with van der Waals surface area (Å²) in [5.74, 6) is 0. The van der Waals surface area contributed by atoms with Crippen LogP contribution in [0.25, 0.3) is 0 Å². The molecule has 0 atom stereocenters. The summed E-state index contributed by atoms with van der Waals surface area (Å²) in [6.45, 7) is 0.542. The Kier molecular flexibility index (Phi) is 5.21. The fourth-order valence-corrected chi connectivity index (χ4v) is 3.64. The Morgan fingerprint density at radius 2 is 2.00 bits per heavy atom. The van der Waals surface area contributed by atoms with Gasteiger partial charge in [0.15, 0.2) is 0 Å². The molecule has 0 aliphatic heterocycles. The summed E-state index contributed by atoms with van der Waals surface area (Å²) in [6.07, 6.45) is 1.42. The van der Waals surface area contributed by atoms with Gasteiger partial charge in [0.2, 0.25) is 0 Å². The number of aromatic amines is 1. The number of rotatable bonds is 5. The van der Waals surface area contributed by atoms with Crippen LogP contribution in [-0.2, 0) is 16.6 Å². The Hall–Kier alpha value is -0.730. The lowest BCUT2D eigenvalue weighted by Crippen LogP contribution is -2.12. The van der Waals surface area contributed by atoms with Gasteiger partial charge < -0.3 is 10.3 Å². The smallest absolute Gasteiger partial charge is 0.263 e. The van der Waals surface area contributed by atoms with E-state index in [1.807, 2.05) is 0 Å². The Balaban J connectivity index is 2.31. The highest BCUT2D eigenvalue weighted by Gasteiger charge is 2.19. The van der Waals surface area contributed by atoms with E-state index in [1.54, 1.807) is 19.2 Å². The molecule has 2 aromatic rings. The Morgan fingerprint density at radius 3 is 2.67 bits per heavy atom. The minimum atomic E-state index is -3.73. The van der Waals surface area contributed by atoms with E-state index in [-0.39, 0.29) is 20.6 Å². The second kappa shape index (κ2) is 6.58. The summed E-state index contributed by atoms with van der Waals surface area (Å²) in [4.78, 5) is 3.01. The number of hydrogen-bond donors (Lipinski definition) is 3. The number of nitrogens with one attached hydrogen (secondary N) is 3. The molecule has 0 aliphatic carbocycles. The first-order valence-electron chi connectivity index (χ1n) is 5.83. The van der Waals surface area contributed by atoms with Gasteiger partial charge in [0.1, 0.15) is 4.90 Å². The van der Waals surface area contributed by atoms with Crippen molar-refractivity contribution in [3.63, 3.8) is 0 Å². The van der Waals surface area contributed by atoms with Gasteiger partial charge in [0, 0.05) is 22.9 Å². The molecular weight excluding hydrogens is 401 g/mol. The van der Waals surface area contributed by atoms with Crippen molar-refractivity contribution in [2.75, 3.05) is 11.8 Å². The van der Waals surface area contributed by atoms with Gasteiger partial charge in [-0.05, 0) is 41.2 Å². The summed E-state index contributed by atoms with van der Waals surface area (Å²) in [5.41, 5.74) is 0.985. The maximum Gasteiger partial charge on any atom is 0.263 e. The van der Waals surface area contributed by atoms with Gasteiger partial charge in [-0.25, -0.2) is 8.42 Å². The highest BCUT2D eigenvalue weighted by Crippen LogP contribution is 2.36. The van der Waals surface area contributed by atoms with E-state index < -0.39 is 10.0 Å². The van der Waals surface area contributed by atoms with Crippen LogP contribution < -0.4 is 10.0 Å². The van der Waals surface area contributed by atoms with Crippen LogP contribution in [0.15, 0.2) is 33.8 Å². The maximum atomic E-state index is 12.3. The number of hydrogen-bond acceptors (Lipinski definition) is 3. The molecule has 5 nitrogen and oxygen atoms in total. The van der Waals surface area contributed by atoms with Crippen LogP contribution in [0.3, 0.4) is 0 Å². The molecule has 21 heavy (non-hydrogen) atoms. The standard InChI is InChI=1S/C12H12BrCl2N3O2S/c1-16-5-7-4-8(6-17-7)21(19,20)18-10-3-2-9(13)11(14)12(10)15/h2-4,6,16-18H,5H2,1H3. The minimum Gasteiger partial charge on any atom is -0.363 e. The third-order valence-electron chi connectivity index (χ3n) is 2.67. The molecule has 0 spiro atoms. The lowest BCUT2D eigenvalue weighted by molar-refractivity contribution is 0.601. The van der Waals surface area contributed by atoms with Gasteiger partial charge in [0.25, 0.3) is 10.0 Å². The van der Waals surface area contributed by atoms with Crippen molar-refractivity contribution in [1.82, 2.24) is 10.3 Å². The number of sulfonamides is 1. The summed E-state index contributed by atoms with van der Waals surface area (Å²) in [6, 6.07) is 4.71. The Labute approximate surface area is 141 Å². The molecule has 2 rings (SSSR count). The van der Waals surface area contributed by atoms with Crippen LogP contribution in [0, 0.1) is 0 Å². The van der Waals surface area contributed by atoms with Gasteiger partial charge >= 0.3 is 0 Å². The first-order valence-corrected chi connectivity index (χ1v) is 8.86. The molecule has 0 saturated carbocycles. The minimum absolute atomic E-state index is 0.128. The van der Waals surface area contributed by atoms with Crippen molar-refractivity contribution in [1.29, 1.82) is 0 Å². The lowest BCUT2D eigenvalue weighted by Gasteiger charge is -2.10. The van der Waals surface area contributed by atoms with E-state index in [1.165, 1.54) is 12.3 Å². The molecule has 0 amide bonds. The highest BCUT2D eigenvalue weighted by molar-refractivity contribution is 9.10. The predicted molar refractivity (Wildman–Crippen MR) is 88.5 cm³/mol. The molecule has 114 valence electrons.